The second kappa shape index (κ2) is 5.71. The molecular weight excluding hydrogens is 210 g/mol. The Hall–Kier alpha value is -0.0800. The molecule has 17 heavy (non-hydrogen) atoms. The molecule has 0 amide bonds. The monoisotopic (exact) mass is 239 g/mol. The number of rotatable bonds is 3. The fraction of sp³-hybridized carbons (Fsp3) is 1.00. The van der Waals surface area contributed by atoms with Crippen LogP contribution in [0.5, 0.6) is 0 Å². The highest BCUT2D eigenvalue weighted by Gasteiger charge is 2.32. The lowest BCUT2D eigenvalue weighted by atomic mass is 9.74. The lowest BCUT2D eigenvalue weighted by Gasteiger charge is -2.37. The van der Waals surface area contributed by atoms with E-state index in [1.165, 1.54) is 32.4 Å². The predicted molar refractivity (Wildman–Crippen MR) is 71.9 cm³/mol. The maximum Gasteiger partial charge on any atom is 0.0580 e. The molecule has 1 aliphatic carbocycles. The van der Waals surface area contributed by atoms with Crippen molar-refractivity contribution in [2.75, 3.05) is 19.6 Å². The molecule has 1 N–H and O–H groups in total. The summed E-state index contributed by atoms with van der Waals surface area (Å²) in [6.07, 6.45) is 4.80. The third-order valence-corrected chi connectivity index (χ3v) is 4.93. The van der Waals surface area contributed by atoms with E-state index in [0.29, 0.717) is 5.92 Å². The van der Waals surface area contributed by atoms with Crippen LogP contribution in [0, 0.1) is 23.7 Å². The molecule has 0 bridgehead atoms. The summed E-state index contributed by atoms with van der Waals surface area (Å²) in [5, 5.41) is 10.2. The number of hydrogen-bond acceptors (Lipinski definition) is 2. The average molecular weight is 239 g/mol. The van der Waals surface area contributed by atoms with Gasteiger partial charge in [-0.3, -0.25) is 0 Å². The predicted octanol–water partition coefficient (Wildman–Crippen LogP) is 2.76. The van der Waals surface area contributed by atoms with E-state index in [2.05, 4.69) is 25.7 Å². The molecule has 0 aromatic rings. The first-order valence-corrected chi connectivity index (χ1v) is 7.46. The van der Waals surface area contributed by atoms with Gasteiger partial charge >= 0.3 is 0 Å². The summed E-state index contributed by atoms with van der Waals surface area (Å²) in [5.41, 5.74) is 0. The zero-order valence-electron chi connectivity index (χ0n) is 11.7. The molecule has 1 heterocycles. The Morgan fingerprint density at radius 2 is 2.00 bits per heavy atom. The molecule has 2 nitrogen and oxygen atoms in total. The van der Waals surface area contributed by atoms with Crippen molar-refractivity contribution in [2.24, 2.45) is 23.7 Å². The van der Waals surface area contributed by atoms with Gasteiger partial charge in [0.2, 0.25) is 0 Å². The van der Waals surface area contributed by atoms with Crippen LogP contribution < -0.4 is 0 Å². The maximum atomic E-state index is 10.2. The van der Waals surface area contributed by atoms with Gasteiger partial charge in [-0.1, -0.05) is 20.8 Å². The molecular formula is C15H29NO. The minimum absolute atomic E-state index is 0.0408. The van der Waals surface area contributed by atoms with Crippen molar-refractivity contribution in [3.63, 3.8) is 0 Å². The van der Waals surface area contributed by atoms with Gasteiger partial charge in [0.25, 0.3) is 0 Å². The smallest absolute Gasteiger partial charge is 0.0580 e. The highest BCUT2D eigenvalue weighted by Crippen LogP contribution is 2.35. The Balaban J connectivity index is 1.85. The van der Waals surface area contributed by atoms with Crippen LogP contribution >= 0.6 is 0 Å². The summed E-state index contributed by atoms with van der Waals surface area (Å²) in [6, 6.07) is 0. The number of nitrogens with zero attached hydrogens (tertiary/aromatic N) is 1. The molecule has 0 radical (unpaired) electrons. The van der Waals surface area contributed by atoms with E-state index in [1.54, 1.807) is 0 Å². The summed E-state index contributed by atoms with van der Waals surface area (Å²) in [6.45, 7) is 10.6. The van der Waals surface area contributed by atoms with Crippen molar-refractivity contribution in [2.45, 2.75) is 52.6 Å². The summed E-state index contributed by atoms with van der Waals surface area (Å²) >= 11 is 0. The average Bonchev–Trinajstić information content (AvgIpc) is 2.67. The minimum atomic E-state index is -0.0408. The van der Waals surface area contributed by atoms with Gasteiger partial charge in [-0.05, 0) is 55.9 Å². The molecule has 100 valence electrons. The molecule has 0 aromatic heterocycles. The van der Waals surface area contributed by atoms with Crippen LogP contribution in [-0.4, -0.2) is 35.7 Å². The number of hydrogen-bond donors (Lipinski definition) is 1. The first kappa shape index (κ1) is 13.4. The fourth-order valence-electron chi connectivity index (χ4n) is 3.61. The number of aliphatic hydroxyl groups is 1. The number of aliphatic hydroxyl groups excluding tert-OH is 1. The van der Waals surface area contributed by atoms with Gasteiger partial charge in [0.15, 0.2) is 0 Å². The van der Waals surface area contributed by atoms with E-state index in [4.69, 9.17) is 0 Å². The van der Waals surface area contributed by atoms with Crippen LogP contribution in [0.1, 0.15) is 46.5 Å². The Morgan fingerprint density at radius 3 is 2.59 bits per heavy atom. The molecule has 4 atom stereocenters. The Bertz CT molecular complexity index is 241. The van der Waals surface area contributed by atoms with Gasteiger partial charge in [-0.2, -0.15) is 0 Å². The molecule has 1 saturated carbocycles. The molecule has 2 rings (SSSR count). The fourth-order valence-corrected chi connectivity index (χ4v) is 3.61. The van der Waals surface area contributed by atoms with E-state index in [0.717, 1.165) is 30.7 Å². The first-order chi connectivity index (χ1) is 8.06. The van der Waals surface area contributed by atoms with Crippen molar-refractivity contribution in [3.05, 3.63) is 0 Å². The van der Waals surface area contributed by atoms with Crippen molar-refractivity contribution in [3.8, 4) is 0 Å². The quantitative estimate of drug-likeness (QED) is 0.818. The largest absolute Gasteiger partial charge is 0.393 e. The lowest BCUT2D eigenvalue weighted by molar-refractivity contribution is 0.0217. The second-order valence-corrected chi connectivity index (χ2v) is 6.80. The highest BCUT2D eigenvalue weighted by atomic mass is 16.3. The van der Waals surface area contributed by atoms with E-state index >= 15 is 0 Å². The van der Waals surface area contributed by atoms with Gasteiger partial charge in [0, 0.05) is 13.1 Å². The number of likely N-dealkylation sites (tertiary alicyclic amines) is 1. The zero-order valence-corrected chi connectivity index (χ0v) is 11.7. The third kappa shape index (κ3) is 3.45. The van der Waals surface area contributed by atoms with Crippen molar-refractivity contribution >= 4 is 0 Å². The van der Waals surface area contributed by atoms with E-state index in [-0.39, 0.29) is 6.10 Å². The summed E-state index contributed by atoms with van der Waals surface area (Å²) in [4.78, 5) is 2.57. The lowest BCUT2D eigenvalue weighted by Crippen LogP contribution is -2.39. The molecule has 1 saturated heterocycles. The highest BCUT2D eigenvalue weighted by molar-refractivity contribution is 4.85. The van der Waals surface area contributed by atoms with Crippen LogP contribution in [0.3, 0.4) is 0 Å². The Morgan fingerprint density at radius 1 is 1.24 bits per heavy atom. The van der Waals surface area contributed by atoms with Gasteiger partial charge < -0.3 is 10.0 Å². The van der Waals surface area contributed by atoms with Crippen LogP contribution in [-0.2, 0) is 0 Å². The summed E-state index contributed by atoms with van der Waals surface area (Å²) in [7, 11) is 0. The van der Waals surface area contributed by atoms with Crippen molar-refractivity contribution in [1.82, 2.24) is 4.90 Å². The molecule has 2 aliphatic rings. The van der Waals surface area contributed by atoms with Gasteiger partial charge in [0.05, 0.1) is 6.10 Å². The van der Waals surface area contributed by atoms with Crippen LogP contribution in [0.2, 0.25) is 0 Å². The normalized spacial score (nSPS) is 40.1. The molecule has 2 fully saturated rings. The van der Waals surface area contributed by atoms with Crippen molar-refractivity contribution < 1.29 is 5.11 Å². The zero-order chi connectivity index (χ0) is 12.4. The minimum Gasteiger partial charge on any atom is -0.393 e. The SMILES string of the molecule is CC1CCN(CC2CC(C(C)C)CCC2O)C1. The third-order valence-electron chi connectivity index (χ3n) is 4.93. The van der Waals surface area contributed by atoms with E-state index in [1.807, 2.05) is 0 Å². The van der Waals surface area contributed by atoms with Crippen molar-refractivity contribution in [1.29, 1.82) is 0 Å². The van der Waals surface area contributed by atoms with Crippen LogP contribution in [0.15, 0.2) is 0 Å². The van der Waals surface area contributed by atoms with Gasteiger partial charge in [-0.15, -0.1) is 0 Å². The van der Waals surface area contributed by atoms with E-state index in [9.17, 15) is 5.11 Å². The molecule has 0 spiro atoms. The summed E-state index contributed by atoms with van der Waals surface area (Å²) < 4.78 is 0. The van der Waals surface area contributed by atoms with Gasteiger partial charge in [-0.25, -0.2) is 0 Å². The second-order valence-electron chi connectivity index (χ2n) is 6.80. The Kier molecular flexibility index (Phi) is 4.48. The summed E-state index contributed by atoms with van der Waals surface area (Å²) in [5.74, 6) is 3.00. The molecule has 0 aromatic carbocycles. The van der Waals surface area contributed by atoms with Gasteiger partial charge in [0.1, 0.15) is 0 Å². The van der Waals surface area contributed by atoms with Crippen LogP contribution in [0.4, 0.5) is 0 Å². The molecule has 2 heteroatoms. The van der Waals surface area contributed by atoms with E-state index < -0.39 is 0 Å². The molecule has 4 unspecified atom stereocenters. The van der Waals surface area contributed by atoms with Crippen LogP contribution in [0.25, 0.3) is 0 Å². The standard InChI is InChI=1S/C15H29NO/c1-11(2)13-4-5-15(17)14(8-13)10-16-7-6-12(3)9-16/h11-15,17H,4-10H2,1-3H3. The Labute approximate surface area is 106 Å². The first-order valence-electron chi connectivity index (χ1n) is 7.46. The molecule has 1 aliphatic heterocycles. The topological polar surface area (TPSA) is 23.5 Å². The maximum absolute atomic E-state index is 10.2.